The predicted octanol–water partition coefficient (Wildman–Crippen LogP) is 0.369. The number of carbonyl (C=O) groups is 1. The Morgan fingerprint density at radius 2 is 2.00 bits per heavy atom. The first kappa shape index (κ1) is 17.4. The van der Waals surface area contributed by atoms with Gasteiger partial charge in [0, 0.05) is 44.0 Å². The molecule has 2 aliphatic heterocycles. The van der Waals surface area contributed by atoms with E-state index in [1.165, 1.54) is 0 Å². The maximum absolute atomic E-state index is 12.5. The molecule has 3 heterocycles. The van der Waals surface area contributed by atoms with E-state index in [1.54, 1.807) is 11.1 Å². The number of fused-ring (bicyclic) bond motifs is 1. The smallest absolute Gasteiger partial charge is 0.225 e. The maximum Gasteiger partial charge on any atom is 0.225 e. The third-order valence-electron chi connectivity index (χ3n) is 5.05. The van der Waals surface area contributed by atoms with Gasteiger partial charge in [-0.2, -0.15) is 0 Å². The molecule has 0 N–H and O–H groups in total. The van der Waals surface area contributed by atoms with Crippen molar-refractivity contribution in [2.45, 2.75) is 45.9 Å². The molecule has 2 saturated heterocycles. The largest absolute Gasteiger partial charge is 0.336 e. The van der Waals surface area contributed by atoms with Crippen LogP contribution in [0, 0.1) is 5.92 Å². The summed E-state index contributed by atoms with van der Waals surface area (Å²) >= 11 is 0. The molecule has 0 radical (unpaired) electrons. The summed E-state index contributed by atoms with van der Waals surface area (Å²) in [5, 5.41) is 0. The third kappa shape index (κ3) is 3.21. The monoisotopic (exact) mass is 354 g/mol. The van der Waals surface area contributed by atoms with E-state index in [0.29, 0.717) is 19.6 Å². The summed E-state index contributed by atoms with van der Waals surface area (Å²) in [6, 6.07) is -0.364. The van der Waals surface area contributed by atoms with Gasteiger partial charge in [0.25, 0.3) is 0 Å². The van der Waals surface area contributed by atoms with Crippen LogP contribution in [0.2, 0.25) is 0 Å². The van der Waals surface area contributed by atoms with Crippen LogP contribution in [0.5, 0.6) is 0 Å². The highest BCUT2D eigenvalue weighted by molar-refractivity contribution is 7.91. The van der Waals surface area contributed by atoms with Crippen LogP contribution in [0.3, 0.4) is 0 Å². The van der Waals surface area contributed by atoms with Crippen LogP contribution >= 0.6 is 0 Å². The molecule has 8 heteroatoms. The number of hydrogen-bond donors (Lipinski definition) is 0. The summed E-state index contributed by atoms with van der Waals surface area (Å²) in [7, 11) is -3.11. The lowest BCUT2D eigenvalue weighted by Crippen LogP contribution is -2.61. The van der Waals surface area contributed by atoms with Crippen molar-refractivity contribution < 1.29 is 13.2 Å². The van der Waals surface area contributed by atoms with Gasteiger partial charge in [-0.15, -0.1) is 0 Å². The third-order valence-corrected chi connectivity index (χ3v) is 6.75. The zero-order chi connectivity index (χ0) is 17.5. The normalized spacial score (nSPS) is 26.8. The number of amides is 1. The van der Waals surface area contributed by atoms with Gasteiger partial charge in [0.2, 0.25) is 5.91 Å². The quantitative estimate of drug-likeness (QED) is 0.781. The Balaban J connectivity index is 1.83. The molecule has 1 aromatic heterocycles. The number of hydrogen-bond acceptors (Lipinski definition) is 5. The van der Waals surface area contributed by atoms with E-state index in [9.17, 15) is 13.2 Å². The summed E-state index contributed by atoms with van der Waals surface area (Å²) in [5.41, 5.74) is 0. The molecule has 1 aromatic rings. The Labute approximate surface area is 143 Å². The van der Waals surface area contributed by atoms with Crippen molar-refractivity contribution in [2.24, 2.45) is 5.92 Å². The standard InChI is InChI=1S/C16H26N4O3S/c1-4-18-6-5-17-15(18)9-19-7-8-20(16(21)12(2)3)14-11-24(22,23)10-13(14)19/h5-6,12-14H,4,7-11H2,1-3H3. The number of rotatable bonds is 4. The molecule has 134 valence electrons. The van der Waals surface area contributed by atoms with Gasteiger partial charge in [0.15, 0.2) is 9.84 Å². The predicted molar refractivity (Wildman–Crippen MR) is 91.1 cm³/mol. The highest BCUT2D eigenvalue weighted by Crippen LogP contribution is 2.29. The lowest BCUT2D eigenvalue weighted by molar-refractivity contribution is -0.140. The van der Waals surface area contributed by atoms with Gasteiger partial charge in [0.05, 0.1) is 24.1 Å². The van der Waals surface area contributed by atoms with Crippen molar-refractivity contribution in [1.29, 1.82) is 0 Å². The minimum atomic E-state index is -3.11. The molecular weight excluding hydrogens is 328 g/mol. The fraction of sp³-hybridized carbons (Fsp3) is 0.750. The summed E-state index contributed by atoms with van der Waals surface area (Å²) in [6.07, 6.45) is 3.72. The second-order valence-electron chi connectivity index (χ2n) is 7.00. The van der Waals surface area contributed by atoms with Crippen LogP contribution < -0.4 is 0 Å². The van der Waals surface area contributed by atoms with E-state index < -0.39 is 9.84 Å². The topological polar surface area (TPSA) is 75.5 Å². The number of sulfone groups is 1. The lowest BCUT2D eigenvalue weighted by atomic mass is 10.0. The Morgan fingerprint density at radius 3 is 2.67 bits per heavy atom. The molecule has 0 saturated carbocycles. The molecule has 0 aromatic carbocycles. The second kappa shape index (κ2) is 6.48. The van der Waals surface area contributed by atoms with Crippen LogP contribution in [0.4, 0.5) is 0 Å². The Bertz CT molecular complexity index is 713. The Kier molecular flexibility index (Phi) is 4.70. The average molecular weight is 354 g/mol. The molecule has 2 atom stereocenters. The number of nitrogens with zero attached hydrogens (tertiary/aromatic N) is 4. The van der Waals surface area contributed by atoms with Gasteiger partial charge in [0.1, 0.15) is 5.82 Å². The first-order valence-corrected chi connectivity index (χ1v) is 10.4. The molecular formula is C16H26N4O3S. The molecule has 0 spiro atoms. The van der Waals surface area contributed by atoms with Gasteiger partial charge in [-0.1, -0.05) is 13.8 Å². The van der Waals surface area contributed by atoms with E-state index in [-0.39, 0.29) is 35.4 Å². The molecule has 2 aliphatic rings. The van der Waals surface area contributed by atoms with Crippen LogP contribution in [0.25, 0.3) is 0 Å². The summed E-state index contributed by atoms with van der Waals surface area (Å²) in [6.45, 7) is 8.53. The first-order chi connectivity index (χ1) is 11.3. The molecule has 2 unspecified atom stereocenters. The number of imidazole rings is 1. The van der Waals surface area contributed by atoms with E-state index in [2.05, 4.69) is 21.4 Å². The van der Waals surface area contributed by atoms with E-state index in [0.717, 1.165) is 12.4 Å². The van der Waals surface area contributed by atoms with E-state index >= 15 is 0 Å². The Hall–Kier alpha value is -1.41. The van der Waals surface area contributed by atoms with Gasteiger partial charge >= 0.3 is 0 Å². The fourth-order valence-corrected chi connectivity index (χ4v) is 5.80. The van der Waals surface area contributed by atoms with E-state index in [1.807, 2.05) is 20.0 Å². The summed E-state index contributed by atoms with van der Waals surface area (Å²) in [4.78, 5) is 20.9. The van der Waals surface area contributed by atoms with Gasteiger partial charge < -0.3 is 9.47 Å². The molecule has 0 aliphatic carbocycles. The molecule has 1 amide bonds. The Morgan fingerprint density at radius 1 is 1.29 bits per heavy atom. The van der Waals surface area contributed by atoms with Gasteiger partial charge in [-0.05, 0) is 6.92 Å². The van der Waals surface area contributed by atoms with Crippen LogP contribution in [-0.4, -0.2) is 70.4 Å². The average Bonchev–Trinajstić information content (AvgIpc) is 3.09. The fourth-order valence-electron chi connectivity index (χ4n) is 3.79. The number of aromatic nitrogens is 2. The van der Waals surface area contributed by atoms with Crippen LogP contribution in [0.15, 0.2) is 12.4 Å². The molecule has 24 heavy (non-hydrogen) atoms. The minimum Gasteiger partial charge on any atom is -0.336 e. The van der Waals surface area contributed by atoms with Crippen molar-refractivity contribution in [1.82, 2.24) is 19.4 Å². The first-order valence-electron chi connectivity index (χ1n) is 8.57. The number of aryl methyl sites for hydroxylation is 1. The van der Waals surface area contributed by atoms with Gasteiger partial charge in [-0.3, -0.25) is 9.69 Å². The number of carbonyl (C=O) groups excluding carboxylic acids is 1. The molecule has 3 rings (SSSR count). The number of piperazine rings is 1. The van der Waals surface area contributed by atoms with Gasteiger partial charge in [-0.25, -0.2) is 13.4 Å². The second-order valence-corrected chi connectivity index (χ2v) is 9.15. The maximum atomic E-state index is 12.5. The zero-order valence-corrected chi connectivity index (χ0v) is 15.4. The van der Waals surface area contributed by atoms with Crippen molar-refractivity contribution in [3.63, 3.8) is 0 Å². The SMILES string of the molecule is CCn1ccnc1CN1CCN(C(=O)C(C)C)C2CS(=O)(=O)CC21. The highest BCUT2D eigenvalue weighted by Gasteiger charge is 2.48. The van der Waals surface area contributed by atoms with Crippen molar-refractivity contribution in [3.8, 4) is 0 Å². The van der Waals surface area contributed by atoms with E-state index in [4.69, 9.17) is 0 Å². The van der Waals surface area contributed by atoms with Crippen molar-refractivity contribution >= 4 is 15.7 Å². The highest BCUT2D eigenvalue weighted by atomic mass is 32.2. The summed E-state index contributed by atoms with van der Waals surface area (Å²) < 4.78 is 26.5. The lowest BCUT2D eigenvalue weighted by Gasteiger charge is -2.44. The van der Waals surface area contributed by atoms with Crippen molar-refractivity contribution in [3.05, 3.63) is 18.2 Å². The molecule has 7 nitrogen and oxygen atoms in total. The minimum absolute atomic E-state index is 0.0526. The molecule has 0 bridgehead atoms. The van der Waals surface area contributed by atoms with Crippen LogP contribution in [0.1, 0.15) is 26.6 Å². The summed E-state index contributed by atoms with van der Waals surface area (Å²) in [5.74, 6) is 1.10. The zero-order valence-electron chi connectivity index (χ0n) is 14.6. The molecule has 2 fully saturated rings. The van der Waals surface area contributed by atoms with Crippen molar-refractivity contribution in [2.75, 3.05) is 24.6 Å². The van der Waals surface area contributed by atoms with Crippen LogP contribution in [-0.2, 0) is 27.7 Å².